The number of carbonyl (C=O) groups is 1. The van der Waals surface area contributed by atoms with Crippen LogP contribution in [0.4, 0.5) is 5.69 Å². The normalized spacial score (nSPS) is 12.0. The first kappa shape index (κ1) is 17.5. The molecule has 0 aliphatic heterocycles. The van der Waals surface area contributed by atoms with Crippen LogP contribution in [-0.2, 0) is 16.1 Å². The smallest absolute Gasteiger partial charge is 0.327 e. The third kappa shape index (κ3) is 5.02. The topological polar surface area (TPSA) is 93.5 Å². The van der Waals surface area contributed by atoms with Gasteiger partial charge in [-0.3, -0.25) is 9.59 Å². The lowest BCUT2D eigenvalue weighted by Crippen LogP contribution is -2.28. The van der Waals surface area contributed by atoms with E-state index in [2.05, 4.69) is 15.2 Å². The van der Waals surface area contributed by atoms with Crippen molar-refractivity contribution in [2.45, 2.75) is 26.3 Å². The number of aliphatic hydroxyl groups is 1. The molecule has 0 bridgehead atoms. The van der Waals surface area contributed by atoms with Crippen molar-refractivity contribution in [1.82, 2.24) is 9.78 Å². The van der Waals surface area contributed by atoms with Crippen LogP contribution in [-0.4, -0.2) is 41.1 Å². The zero-order valence-electron chi connectivity index (χ0n) is 12.1. The second-order valence-electron chi connectivity index (χ2n) is 4.58. The lowest BCUT2D eigenvalue weighted by molar-refractivity contribution is -0.141. The molecule has 0 aliphatic carbocycles. The molecule has 0 aromatic carbocycles. The molecule has 0 fully saturated rings. The summed E-state index contributed by atoms with van der Waals surface area (Å²) in [6.45, 7) is 2.44. The van der Waals surface area contributed by atoms with Gasteiger partial charge < -0.3 is 15.2 Å². The molecule has 0 radical (unpaired) electrons. The largest absolute Gasteiger partial charge is 0.468 e. The van der Waals surface area contributed by atoms with E-state index in [-0.39, 0.29) is 24.1 Å². The maximum atomic E-state index is 12.0. The molecule has 0 aliphatic rings. The summed E-state index contributed by atoms with van der Waals surface area (Å²) in [7, 11) is 1.23. The fourth-order valence-electron chi connectivity index (χ4n) is 1.78. The van der Waals surface area contributed by atoms with E-state index in [1.165, 1.54) is 13.3 Å². The van der Waals surface area contributed by atoms with Crippen molar-refractivity contribution in [2.75, 3.05) is 25.6 Å². The average molecular weight is 318 g/mol. The quantitative estimate of drug-likeness (QED) is 0.692. The first-order valence-electron chi connectivity index (χ1n) is 6.70. The summed E-state index contributed by atoms with van der Waals surface area (Å²) in [5.74, 6) is -0.293. The molecule has 0 amide bonds. The second-order valence-corrected chi connectivity index (χ2v) is 4.96. The molecule has 0 saturated heterocycles. The number of nitrogens with one attached hydrogen (secondary N) is 1. The molecule has 1 aromatic heterocycles. The maximum Gasteiger partial charge on any atom is 0.327 e. The molecular weight excluding hydrogens is 298 g/mol. The van der Waals surface area contributed by atoms with E-state index in [1.54, 1.807) is 0 Å². The van der Waals surface area contributed by atoms with Gasteiger partial charge >= 0.3 is 5.97 Å². The van der Waals surface area contributed by atoms with E-state index < -0.39 is 11.5 Å². The summed E-state index contributed by atoms with van der Waals surface area (Å²) in [6, 6.07) is 0. The highest BCUT2D eigenvalue weighted by molar-refractivity contribution is 6.32. The Hall–Kier alpha value is -1.60. The van der Waals surface area contributed by atoms with Gasteiger partial charge in [0.05, 0.1) is 19.0 Å². The zero-order chi connectivity index (χ0) is 15.8. The number of aliphatic hydroxyl groups excluding tert-OH is 1. The molecule has 0 spiro atoms. The molecule has 7 nitrogen and oxygen atoms in total. The number of methoxy groups -OCH3 is 1. The van der Waals surface area contributed by atoms with Gasteiger partial charge in [0, 0.05) is 13.2 Å². The molecule has 1 heterocycles. The van der Waals surface area contributed by atoms with Crippen LogP contribution in [0, 0.1) is 5.92 Å². The summed E-state index contributed by atoms with van der Waals surface area (Å²) >= 11 is 5.99. The lowest BCUT2D eigenvalue weighted by atomic mass is 10.0. The van der Waals surface area contributed by atoms with Crippen LogP contribution in [0.3, 0.4) is 0 Å². The van der Waals surface area contributed by atoms with E-state index in [0.717, 1.165) is 11.1 Å². The lowest BCUT2D eigenvalue weighted by Gasteiger charge is -2.16. The van der Waals surface area contributed by atoms with Crippen molar-refractivity contribution in [3.63, 3.8) is 0 Å². The van der Waals surface area contributed by atoms with Gasteiger partial charge in [-0.2, -0.15) is 5.10 Å². The highest BCUT2D eigenvalue weighted by atomic mass is 35.5. The van der Waals surface area contributed by atoms with E-state index in [4.69, 9.17) is 16.7 Å². The Bertz CT molecular complexity index is 533. The van der Waals surface area contributed by atoms with Gasteiger partial charge in [0.25, 0.3) is 5.56 Å². The van der Waals surface area contributed by atoms with Crippen LogP contribution < -0.4 is 10.9 Å². The molecule has 1 aromatic rings. The van der Waals surface area contributed by atoms with E-state index in [9.17, 15) is 9.59 Å². The summed E-state index contributed by atoms with van der Waals surface area (Å²) in [6.07, 6.45) is 2.98. The van der Waals surface area contributed by atoms with Crippen molar-refractivity contribution in [3.8, 4) is 0 Å². The number of carbonyl (C=O) groups excluding carboxylic acids is 1. The van der Waals surface area contributed by atoms with Crippen LogP contribution in [0.15, 0.2) is 11.0 Å². The van der Waals surface area contributed by atoms with Crippen LogP contribution in [0.5, 0.6) is 0 Å². The first-order valence-corrected chi connectivity index (χ1v) is 7.08. The summed E-state index contributed by atoms with van der Waals surface area (Å²) in [4.78, 5) is 23.1. The number of halogens is 1. The molecule has 118 valence electrons. The van der Waals surface area contributed by atoms with Gasteiger partial charge in [-0.05, 0) is 12.3 Å². The van der Waals surface area contributed by atoms with Crippen LogP contribution >= 0.6 is 11.6 Å². The number of anilines is 1. The van der Waals surface area contributed by atoms with Gasteiger partial charge in [-0.1, -0.05) is 24.9 Å². The maximum absolute atomic E-state index is 12.0. The average Bonchev–Trinajstić information content (AvgIpc) is 2.49. The minimum absolute atomic E-state index is 0.0206. The van der Waals surface area contributed by atoms with Gasteiger partial charge in [0.15, 0.2) is 0 Å². The SMILES string of the molecule is CCC(CCO)CNc1cnn(CC(=O)OC)c(=O)c1Cl. The number of esters is 1. The standard InChI is InChI=1S/C13H20ClN3O4/c1-3-9(4-5-18)6-15-10-7-16-17(8-11(19)21-2)13(20)12(10)14/h7,9,15,18H,3-6,8H2,1-2H3. The van der Waals surface area contributed by atoms with Gasteiger partial charge in [-0.15, -0.1) is 0 Å². The predicted molar refractivity (Wildman–Crippen MR) is 79.5 cm³/mol. The Labute approximate surface area is 127 Å². The second kappa shape index (κ2) is 8.63. The Balaban J connectivity index is 2.79. The highest BCUT2D eigenvalue weighted by Gasteiger charge is 2.13. The molecule has 1 unspecified atom stereocenters. The van der Waals surface area contributed by atoms with Crippen LogP contribution in [0.1, 0.15) is 19.8 Å². The van der Waals surface area contributed by atoms with Crippen LogP contribution in [0.2, 0.25) is 5.02 Å². The highest BCUT2D eigenvalue weighted by Crippen LogP contribution is 2.17. The van der Waals surface area contributed by atoms with Crippen molar-refractivity contribution < 1.29 is 14.6 Å². The zero-order valence-corrected chi connectivity index (χ0v) is 12.9. The molecular formula is C13H20ClN3O4. The fraction of sp³-hybridized carbons (Fsp3) is 0.615. The minimum atomic E-state index is -0.574. The molecule has 0 saturated carbocycles. The molecule has 1 atom stereocenters. The van der Waals surface area contributed by atoms with Gasteiger partial charge in [0.1, 0.15) is 11.6 Å². The van der Waals surface area contributed by atoms with Crippen molar-refractivity contribution in [3.05, 3.63) is 21.6 Å². The summed E-state index contributed by atoms with van der Waals surface area (Å²) in [5.41, 5.74) is -0.138. The number of nitrogens with zero attached hydrogens (tertiary/aromatic N) is 2. The first-order chi connectivity index (χ1) is 10.0. The third-order valence-electron chi connectivity index (χ3n) is 3.19. The van der Waals surface area contributed by atoms with E-state index >= 15 is 0 Å². The van der Waals surface area contributed by atoms with Gasteiger partial charge in [0.2, 0.25) is 0 Å². The Morgan fingerprint density at radius 1 is 1.62 bits per heavy atom. The molecule has 1 rings (SSSR count). The number of rotatable bonds is 8. The number of aromatic nitrogens is 2. The Morgan fingerprint density at radius 2 is 2.33 bits per heavy atom. The monoisotopic (exact) mass is 317 g/mol. The van der Waals surface area contributed by atoms with Gasteiger partial charge in [-0.25, -0.2) is 4.68 Å². The molecule has 8 heteroatoms. The predicted octanol–water partition coefficient (Wildman–Crippen LogP) is 0.890. The summed E-state index contributed by atoms with van der Waals surface area (Å²) < 4.78 is 5.43. The Morgan fingerprint density at radius 3 is 2.90 bits per heavy atom. The summed E-state index contributed by atoms with van der Waals surface area (Å²) in [5, 5.41) is 15.9. The number of ether oxygens (including phenoxy) is 1. The van der Waals surface area contributed by atoms with Crippen molar-refractivity contribution in [1.29, 1.82) is 0 Å². The Kier molecular flexibility index (Phi) is 7.18. The molecule has 2 N–H and O–H groups in total. The van der Waals surface area contributed by atoms with Crippen molar-refractivity contribution in [2.24, 2.45) is 5.92 Å². The van der Waals surface area contributed by atoms with E-state index in [1.807, 2.05) is 6.92 Å². The number of hydrogen-bond acceptors (Lipinski definition) is 6. The minimum Gasteiger partial charge on any atom is -0.468 e. The molecule has 21 heavy (non-hydrogen) atoms. The number of hydrogen-bond donors (Lipinski definition) is 2. The fourth-order valence-corrected chi connectivity index (χ4v) is 1.99. The third-order valence-corrected chi connectivity index (χ3v) is 3.55. The van der Waals surface area contributed by atoms with Crippen molar-refractivity contribution >= 4 is 23.3 Å². The van der Waals surface area contributed by atoms with Crippen LogP contribution in [0.25, 0.3) is 0 Å². The van der Waals surface area contributed by atoms with E-state index in [0.29, 0.717) is 18.7 Å².